The number of hydrogen-bond donors (Lipinski definition) is 2. The number of ether oxygens (including phenoxy) is 1. The number of carbonyl (C=O) groups is 1. The van der Waals surface area contributed by atoms with Gasteiger partial charge in [-0.25, -0.2) is 18.8 Å². The van der Waals surface area contributed by atoms with Crippen LogP contribution in [0.3, 0.4) is 0 Å². The lowest BCUT2D eigenvalue weighted by atomic mass is 10.2. The fraction of sp³-hybridized carbons (Fsp3) is 0.286. The van der Waals surface area contributed by atoms with Crippen molar-refractivity contribution < 1.29 is 13.9 Å². The van der Waals surface area contributed by atoms with Gasteiger partial charge in [-0.2, -0.15) is 0 Å². The van der Waals surface area contributed by atoms with Crippen LogP contribution < -0.4 is 16.3 Å². The molecule has 7 nitrogen and oxygen atoms in total. The topological polar surface area (TPSA) is 85.2 Å². The first-order valence-electron chi connectivity index (χ1n) is 9.28. The van der Waals surface area contributed by atoms with Crippen LogP contribution in [0.5, 0.6) is 0 Å². The van der Waals surface area contributed by atoms with Crippen LogP contribution in [-0.2, 0) is 4.74 Å². The molecule has 158 valence electrons. The molecule has 1 atom stereocenters. The number of para-hydroxylation sites is 1. The summed E-state index contributed by atoms with van der Waals surface area (Å²) in [5.41, 5.74) is 2.46. The van der Waals surface area contributed by atoms with E-state index < -0.39 is 29.1 Å². The second kappa shape index (κ2) is 8.31. The second-order valence-electron chi connectivity index (χ2n) is 7.74. The maximum atomic E-state index is 13.9. The number of nitrogens with one attached hydrogen (secondary N) is 2. The molecule has 30 heavy (non-hydrogen) atoms. The molecule has 2 aromatic carbocycles. The lowest BCUT2D eigenvalue weighted by Gasteiger charge is -2.23. The zero-order valence-corrected chi connectivity index (χ0v) is 17.7. The average Bonchev–Trinajstić information content (AvgIpc) is 2.62. The summed E-state index contributed by atoms with van der Waals surface area (Å²) >= 11 is 6.12. The van der Waals surface area contributed by atoms with Crippen molar-refractivity contribution >= 4 is 34.3 Å². The molecule has 0 bridgehead atoms. The van der Waals surface area contributed by atoms with Gasteiger partial charge in [0.1, 0.15) is 11.4 Å². The second-order valence-corrected chi connectivity index (χ2v) is 8.15. The van der Waals surface area contributed by atoms with E-state index in [-0.39, 0.29) is 21.7 Å². The fourth-order valence-corrected chi connectivity index (χ4v) is 3.12. The molecule has 0 aliphatic carbocycles. The normalized spacial score (nSPS) is 12.5. The highest BCUT2D eigenvalue weighted by molar-refractivity contribution is 6.35. The van der Waals surface area contributed by atoms with Gasteiger partial charge in [0.15, 0.2) is 5.82 Å². The van der Waals surface area contributed by atoms with Gasteiger partial charge >= 0.3 is 6.09 Å². The van der Waals surface area contributed by atoms with E-state index in [9.17, 15) is 14.0 Å². The number of carbonyl (C=O) groups excluding carboxylic acids is 1. The van der Waals surface area contributed by atoms with Gasteiger partial charge in [0.2, 0.25) is 0 Å². The summed E-state index contributed by atoms with van der Waals surface area (Å²) in [7, 11) is 0. The van der Waals surface area contributed by atoms with Gasteiger partial charge in [-0.05, 0) is 45.9 Å². The van der Waals surface area contributed by atoms with Gasteiger partial charge in [0.05, 0.1) is 27.7 Å². The highest BCUT2D eigenvalue weighted by Gasteiger charge is 2.23. The van der Waals surface area contributed by atoms with E-state index in [0.29, 0.717) is 5.69 Å². The molecule has 0 saturated heterocycles. The summed E-state index contributed by atoms with van der Waals surface area (Å²) in [6.45, 7) is 6.86. The monoisotopic (exact) mass is 432 g/mol. The molecule has 0 unspecified atom stereocenters. The summed E-state index contributed by atoms with van der Waals surface area (Å²) in [5, 5.41) is 2.66. The number of alkyl carbamates (subject to hydrolysis) is 1. The van der Waals surface area contributed by atoms with Crippen molar-refractivity contribution in [1.82, 2.24) is 15.0 Å². The van der Waals surface area contributed by atoms with Crippen LogP contribution in [0.15, 0.2) is 47.3 Å². The molecule has 0 spiro atoms. The summed E-state index contributed by atoms with van der Waals surface area (Å²) in [6.07, 6.45) is -0.673. The summed E-state index contributed by atoms with van der Waals surface area (Å²) in [4.78, 5) is 29.8. The largest absolute Gasteiger partial charge is 0.444 e. The van der Waals surface area contributed by atoms with Gasteiger partial charge in [0, 0.05) is 6.07 Å². The van der Waals surface area contributed by atoms with E-state index >= 15 is 0 Å². The van der Waals surface area contributed by atoms with Crippen LogP contribution in [0, 0.1) is 5.82 Å². The van der Waals surface area contributed by atoms with Crippen LogP contribution in [0.25, 0.3) is 10.9 Å². The molecule has 0 radical (unpaired) electrons. The predicted molar refractivity (Wildman–Crippen MR) is 114 cm³/mol. The maximum Gasteiger partial charge on any atom is 0.408 e. The highest BCUT2D eigenvalue weighted by atomic mass is 35.5. The molecule has 0 fully saturated rings. The van der Waals surface area contributed by atoms with Crippen molar-refractivity contribution in [2.75, 3.05) is 5.43 Å². The number of rotatable bonds is 4. The third-order valence-electron chi connectivity index (χ3n) is 4.05. The van der Waals surface area contributed by atoms with Crippen LogP contribution in [0.1, 0.15) is 39.6 Å². The predicted octanol–water partition coefficient (Wildman–Crippen LogP) is 4.65. The number of benzene rings is 2. The summed E-state index contributed by atoms with van der Waals surface area (Å²) in [5.74, 6) is -0.462. The summed E-state index contributed by atoms with van der Waals surface area (Å²) in [6, 6.07) is 10.4. The van der Waals surface area contributed by atoms with Crippen molar-refractivity contribution in [3.8, 4) is 0 Å². The van der Waals surface area contributed by atoms with E-state index in [2.05, 4.69) is 15.7 Å². The van der Waals surface area contributed by atoms with Gasteiger partial charge in [-0.15, -0.1) is 0 Å². The maximum absolute atomic E-state index is 13.9. The standard InChI is InChI=1S/C21H22ClFN4O3/c1-12(24-20(29)30-21(2,3)4)18-25-16-11-13(23)10-15(22)17(16)19(28)27(18)26-14-8-6-5-7-9-14/h5-12,26H,1-4H3,(H,24,29)/t12-/m0/s1. The Labute approximate surface area is 177 Å². The highest BCUT2D eigenvalue weighted by Crippen LogP contribution is 2.23. The van der Waals surface area contributed by atoms with E-state index in [4.69, 9.17) is 16.3 Å². The number of nitrogens with zero attached hydrogens (tertiary/aromatic N) is 2. The molecule has 3 aromatic rings. The number of aromatic nitrogens is 2. The van der Waals surface area contributed by atoms with Crippen LogP contribution >= 0.6 is 11.6 Å². The molecule has 0 saturated carbocycles. The van der Waals surface area contributed by atoms with E-state index in [1.54, 1.807) is 52.0 Å². The number of anilines is 1. The van der Waals surface area contributed by atoms with Crippen molar-refractivity contribution in [3.05, 3.63) is 69.5 Å². The lowest BCUT2D eigenvalue weighted by molar-refractivity contribution is 0.0505. The molecule has 2 N–H and O–H groups in total. The van der Waals surface area contributed by atoms with E-state index in [1.807, 2.05) is 6.07 Å². The minimum Gasteiger partial charge on any atom is -0.444 e. The van der Waals surface area contributed by atoms with Gasteiger partial charge < -0.3 is 10.1 Å². The van der Waals surface area contributed by atoms with Crippen LogP contribution in [-0.4, -0.2) is 21.4 Å². The minimum absolute atomic E-state index is 0.0505. The Morgan fingerprint density at radius 3 is 2.53 bits per heavy atom. The van der Waals surface area contributed by atoms with Crippen molar-refractivity contribution in [1.29, 1.82) is 0 Å². The first-order valence-corrected chi connectivity index (χ1v) is 9.66. The molecule has 0 aliphatic rings. The number of fused-ring (bicyclic) bond motifs is 1. The molecule has 1 amide bonds. The zero-order chi connectivity index (χ0) is 22.1. The summed E-state index contributed by atoms with van der Waals surface area (Å²) < 4.78 is 20.3. The third-order valence-corrected chi connectivity index (χ3v) is 4.35. The number of hydrogen-bond acceptors (Lipinski definition) is 5. The molecular weight excluding hydrogens is 411 g/mol. The zero-order valence-electron chi connectivity index (χ0n) is 17.0. The van der Waals surface area contributed by atoms with E-state index in [1.165, 1.54) is 4.68 Å². The van der Waals surface area contributed by atoms with Gasteiger partial charge in [-0.3, -0.25) is 10.2 Å². The Hall–Kier alpha value is -3.13. The van der Waals surface area contributed by atoms with Crippen molar-refractivity contribution in [3.63, 3.8) is 0 Å². The Balaban J connectivity index is 2.11. The Bertz CT molecular complexity index is 1140. The van der Waals surface area contributed by atoms with Gasteiger partial charge in [0.25, 0.3) is 5.56 Å². The lowest BCUT2D eigenvalue weighted by Crippen LogP contribution is -2.39. The minimum atomic E-state index is -0.741. The molecule has 1 heterocycles. The number of amides is 1. The van der Waals surface area contributed by atoms with Crippen LogP contribution in [0.2, 0.25) is 5.02 Å². The first-order chi connectivity index (χ1) is 14.0. The molecule has 9 heteroatoms. The Morgan fingerprint density at radius 1 is 1.23 bits per heavy atom. The first kappa shape index (κ1) is 21.6. The molecule has 1 aromatic heterocycles. The Kier molecular flexibility index (Phi) is 5.98. The Morgan fingerprint density at radius 2 is 1.90 bits per heavy atom. The quantitative estimate of drug-likeness (QED) is 0.626. The molecule has 3 rings (SSSR count). The van der Waals surface area contributed by atoms with Crippen LogP contribution in [0.4, 0.5) is 14.9 Å². The molecule has 0 aliphatic heterocycles. The smallest absolute Gasteiger partial charge is 0.408 e. The van der Waals surface area contributed by atoms with Crippen molar-refractivity contribution in [2.45, 2.75) is 39.3 Å². The van der Waals surface area contributed by atoms with E-state index in [0.717, 1.165) is 12.1 Å². The molecular formula is C21H22ClFN4O3. The van der Waals surface area contributed by atoms with Crippen molar-refractivity contribution in [2.24, 2.45) is 0 Å². The third kappa shape index (κ3) is 4.88. The van der Waals surface area contributed by atoms with Gasteiger partial charge in [-0.1, -0.05) is 29.8 Å². The number of halogens is 2. The average molecular weight is 433 g/mol. The SMILES string of the molecule is C[C@H](NC(=O)OC(C)(C)C)c1nc2cc(F)cc(Cl)c2c(=O)n1Nc1ccccc1. The fourth-order valence-electron chi connectivity index (χ4n) is 2.84.